The first kappa shape index (κ1) is 24.2. The fourth-order valence-electron chi connectivity index (χ4n) is 3.97. The quantitative estimate of drug-likeness (QED) is 0.545. The molecule has 0 amide bonds. The zero-order valence-electron chi connectivity index (χ0n) is 18.5. The van der Waals surface area contributed by atoms with Crippen molar-refractivity contribution in [2.75, 3.05) is 33.2 Å². The molecule has 32 heavy (non-hydrogen) atoms. The summed E-state index contributed by atoms with van der Waals surface area (Å²) in [6.45, 7) is 2.95. The van der Waals surface area contributed by atoms with Crippen LogP contribution in [0.15, 0.2) is 47.4 Å². The third-order valence-corrected chi connectivity index (χ3v) is 7.56. The van der Waals surface area contributed by atoms with E-state index >= 15 is 0 Å². The number of benzene rings is 2. The molecule has 2 aromatic rings. The molecule has 1 aliphatic rings. The summed E-state index contributed by atoms with van der Waals surface area (Å²) in [5, 5.41) is 0. The first-order chi connectivity index (χ1) is 15.1. The smallest absolute Gasteiger partial charge is 0.243 e. The summed E-state index contributed by atoms with van der Waals surface area (Å²) in [6.07, 6.45) is 1.92. The standard InChI is InChI=1S/C24H29FN2O4S/c1-18-8-9-20(15-24(18)32(30,31)27-10-3-4-11-27)14-23(29)17-26(2)16-22(28)13-19-6-5-7-21(25)12-19/h5-9,12,15H,3-4,10-11,13-14,16-17H2,1-2H3. The van der Waals surface area contributed by atoms with Crippen molar-refractivity contribution >= 4 is 21.6 Å². The first-order valence-corrected chi connectivity index (χ1v) is 12.2. The fourth-order valence-corrected chi connectivity index (χ4v) is 5.76. The zero-order chi connectivity index (χ0) is 23.3. The Labute approximate surface area is 189 Å². The van der Waals surface area contributed by atoms with Crippen LogP contribution in [0.25, 0.3) is 0 Å². The minimum atomic E-state index is -3.56. The largest absolute Gasteiger partial charge is 0.298 e. The van der Waals surface area contributed by atoms with Gasteiger partial charge in [0.15, 0.2) is 11.6 Å². The van der Waals surface area contributed by atoms with Gasteiger partial charge >= 0.3 is 0 Å². The second kappa shape index (κ2) is 10.5. The average molecular weight is 461 g/mol. The number of hydrogen-bond acceptors (Lipinski definition) is 5. The van der Waals surface area contributed by atoms with Gasteiger partial charge in [-0.2, -0.15) is 4.31 Å². The van der Waals surface area contributed by atoms with E-state index in [9.17, 15) is 22.4 Å². The predicted octanol–water partition coefficient (Wildman–Crippen LogP) is 2.77. The number of halogens is 1. The predicted molar refractivity (Wildman–Crippen MR) is 120 cm³/mol. The lowest BCUT2D eigenvalue weighted by Crippen LogP contribution is -2.32. The third kappa shape index (κ3) is 6.31. The highest BCUT2D eigenvalue weighted by Gasteiger charge is 2.28. The van der Waals surface area contributed by atoms with Crippen LogP contribution >= 0.6 is 0 Å². The van der Waals surface area contributed by atoms with Crippen LogP contribution < -0.4 is 0 Å². The van der Waals surface area contributed by atoms with Gasteiger partial charge in [0, 0.05) is 25.9 Å². The average Bonchev–Trinajstić information content (AvgIpc) is 3.24. The van der Waals surface area contributed by atoms with Crippen molar-refractivity contribution in [2.45, 2.75) is 37.5 Å². The lowest BCUT2D eigenvalue weighted by atomic mass is 10.1. The third-order valence-electron chi connectivity index (χ3n) is 5.52. The second-order valence-corrected chi connectivity index (χ2v) is 10.4. The summed E-state index contributed by atoms with van der Waals surface area (Å²) >= 11 is 0. The molecule has 0 bridgehead atoms. The highest BCUT2D eigenvalue weighted by Crippen LogP contribution is 2.25. The van der Waals surface area contributed by atoms with Crippen LogP contribution in [-0.4, -0.2) is 62.4 Å². The van der Waals surface area contributed by atoms with Crippen molar-refractivity contribution in [3.63, 3.8) is 0 Å². The number of carbonyl (C=O) groups excluding carboxylic acids is 2. The van der Waals surface area contributed by atoms with Gasteiger partial charge in [0.2, 0.25) is 10.0 Å². The Morgan fingerprint density at radius 3 is 2.16 bits per heavy atom. The molecule has 0 radical (unpaired) electrons. The summed E-state index contributed by atoms with van der Waals surface area (Å²) < 4.78 is 40.6. The van der Waals surface area contributed by atoms with Crippen molar-refractivity contribution in [2.24, 2.45) is 0 Å². The Morgan fingerprint density at radius 1 is 0.969 bits per heavy atom. The van der Waals surface area contributed by atoms with Gasteiger partial charge in [-0.25, -0.2) is 12.8 Å². The van der Waals surface area contributed by atoms with Gasteiger partial charge in [-0.3, -0.25) is 14.5 Å². The number of Topliss-reactive ketones (excluding diaryl/α,β-unsaturated/α-hetero) is 2. The number of aryl methyl sites for hydroxylation is 1. The Balaban J connectivity index is 1.58. The SMILES string of the molecule is Cc1ccc(CC(=O)CN(C)CC(=O)Cc2cccc(F)c2)cc1S(=O)(=O)N1CCCC1. The van der Waals surface area contributed by atoms with Gasteiger partial charge in [-0.15, -0.1) is 0 Å². The minimum absolute atomic E-state index is 0.0664. The molecule has 0 aliphatic carbocycles. The molecule has 8 heteroatoms. The van der Waals surface area contributed by atoms with E-state index < -0.39 is 10.0 Å². The summed E-state index contributed by atoms with van der Waals surface area (Å²) in [5.41, 5.74) is 1.90. The Kier molecular flexibility index (Phi) is 7.92. The van der Waals surface area contributed by atoms with E-state index in [0.717, 1.165) is 12.8 Å². The van der Waals surface area contributed by atoms with Crippen molar-refractivity contribution in [1.29, 1.82) is 0 Å². The molecule has 3 rings (SSSR count). The van der Waals surface area contributed by atoms with Gasteiger partial charge in [0.25, 0.3) is 0 Å². The zero-order valence-corrected chi connectivity index (χ0v) is 19.3. The van der Waals surface area contributed by atoms with E-state index in [2.05, 4.69) is 0 Å². The van der Waals surface area contributed by atoms with Crippen LogP contribution in [0.4, 0.5) is 4.39 Å². The number of rotatable bonds is 10. The highest BCUT2D eigenvalue weighted by molar-refractivity contribution is 7.89. The van der Waals surface area contributed by atoms with Gasteiger partial charge < -0.3 is 0 Å². The normalized spacial score (nSPS) is 14.8. The Morgan fingerprint density at radius 2 is 1.56 bits per heavy atom. The Hall–Kier alpha value is -2.42. The molecular weight excluding hydrogens is 431 g/mol. The molecule has 0 atom stereocenters. The van der Waals surface area contributed by atoms with Crippen LogP contribution in [0, 0.1) is 12.7 Å². The number of hydrogen-bond donors (Lipinski definition) is 0. The highest BCUT2D eigenvalue weighted by atomic mass is 32.2. The summed E-state index contributed by atoms with van der Waals surface area (Å²) in [6, 6.07) is 11.0. The second-order valence-electron chi connectivity index (χ2n) is 8.44. The molecule has 1 fully saturated rings. The fraction of sp³-hybridized carbons (Fsp3) is 0.417. The van der Waals surface area contributed by atoms with Crippen LogP contribution in [0.3, 0.4) is 0 Å². The number of nitrogens with zero attached hydrogens (tertiary/aromatic N) is 2. The van der Waals surface area contributed by atoms with E-state index in [1.807, 2.05) is 0 Å². The number of sulfonamides is 1. The summed E-state index contributed by atoms with van der Waals surface area (Å²) in [4.78, 5) is 26.7. The van der Waals surface area contributed by atoms with Crippen LogP contribution in [0.2, 0.25) is 0 Å². The van der Waals surface area contributed by atoms with E-state index in [4.69, 9.17) is 0 Å². The maximum atomic E-state index is 13.3. The molecule has 172 valence electrons. The van der Waals surface area contributed by atoms with Crippen LogP contribution in [0.1, 0.15) is 29.5 Å². The molecule has 1 aliphatic heterocycles. The van der Waals surface area contributed by atoms with E-state index in [1.54, 1.807) is 49.2 Å². The minimum Gasteiger partial charge on any atom is -0.298 e. The van der Waals surface area contributed by atoms with Crippen molar-refractivity contribution in [1.82, 2.24) is 9.21 Å². The van der Waals surface area contributed by atoms with Gasteiger partial charge in [-0.1, -0.05) is 24.3 Å². The lowest BCUT2D eigenvalue weighted by molar-refractivity contribution is -0.121. The number of likely N-dealkylation sites (N-methyl/N-ethyl adjacent to an activating group) is 1. The molecule has 1 saturated heterocycles. The molecule has 0 N–H and O–H groups in total. The molecular formula is C24H29FN2O4S. The van der Waals surface area contributed by atoms with Gasteiger partial charge in [0.1, 0.15) is 5.82 Å². The molecule has 0 saturated carbocycles. The number of carbonyl (C=O) groups is 2. The molecule has 1 heterocycles. The van der Waals surface area contributed by atoms with E-state index in [-0.39, 0.29) is 48.2 Å². The Bertz CT molecular complexity index is 1090. The monoisotopic (exact) mass is 460 g/mol. The van der Waals surface area contributed by atoms with Crippen LogP contribution in [-0.2, 0) is 32.5 Å². The van der Waals surface area contributed by atoms with E-state index in [0.29, 0.717) is 29.8 Å². The topological polar surface area (TPSA) is 74.8 Å². The van der Waals surface area contributed by atoms with Crippen LogP contribution in [0.5, 0.6) is 0 Å². The maximum absolute atomic E-state index is 13.3. The maximum Gasteiger partial charge on any atom is 0.243 e. The molecule has 0 aromatic heterocycles. The molecule has 6 nitrogen and oxygen atoms in total. The molecule has 0 unspecified atom stereocenters. The van der Waals surface area contributed by atoms with Gasteiger partial charge in [-0.05, 0) is 61.7 Å². The van der Waals surface area contributed by atoms with Crippen molar-refractivity contribution in [3.05, 3.63) is 65.0 Å². The number of ketones is 2. The van der Waals surface area contributed by atoms with Crippen molar-refractivity contribution in [3.8, 4) is 0 Å². The summed E-state index contributed by atoms with van der Waals surface area (Å²) in [5.74, 6) is -0.609. The van der Waals surface area contributed by atoms with Crippen molar-refractivity contribution < 1.29 is 22.4 Å². The molecule has 0 spiro atoms. The van der Waals surface area contributed by atoms with E-state index in [1.165, 1.54) is 16.4 Å². The first-order valence-electron chi connectivity index (χ1n) is 10.7. The molecule has 2 aromatic carbocycles. The lowest BCUT2D eigenvalue weighted by Gasteiger charge is -2.18. The van der Waals surface area contributed by atoms with Gasteiger partial charge in [0.05, 0.1) is 18.0 Å². The summed E-state index contributed by atoms with van der Waals surface area (Å²) in [7, 11) is -1.88.